The standard InChI is InChI=1S/C12H19NS/c1-4-13-11(3)9-14-12-8-6-5-7-10(12)2/h5-8,11,13H,4,9H2,1-3H3. The molecule has 0 amide bonds. The van der Waals surface area contributed by atoms with Crippen LogP contribution < -0.4 is 5.32 Å². The van der Waals surface area contributed by atoms with Crippen LogP contribution >= 0.6 is 11.8 Å². The van der Waals surface area contributed by atoms with Crippen molar-refractivity contribution in [3.63, 3.8) is 0 Å². The van der Waals surface area contributed by atoms with Gasteiger partial charge in [-0.1, -0.05) is 25.1 Å². The SMILES string of the molecule is CCNC(C)CSc1ccccc1C. The third kappa shape index (κ3) is 3.72. The molecule has 0 radical (unpaired) electrons. The highest BCUT2D eigenvalue weighted by molar-refractivity contribution is 7.99. The van der Waals surface area contributed by atoms with Crippen molar-refractivity contribution >= 4 is 11.8 Å². The van der Waals surface area contributed by atoms with Crippen LogP contribution in [0.5, 0.6) is 0 Å². The maximum atomic E-state index is 3.41. The van der Waals surface area contributed by atoms with Crippen LogP contribution in [0.3, 0.4) is 0 Å². The van der Waals surface area contributed by atoms with Crippen LogP contribution in [0.1, 0.15) is 19.4 Å². The van der Waals surface area contributed by atoms with Crippen LogP contribution in [-0.4, -0.2) is 18.3 Å². The molecule has 0 bridgehead atoms. The fourth-order valence-corrected chi connectivity index (χ4v) is 2.36. The summed E-state index contributed by atoms with van der Waals surface area (Å²) in [7, 11) is 0. The van der Waals surface area contributed by atoms with E-state index in [1.807, 2.05) is 11.8 Å². The highest BCUT2D eigenvalue weighted by Crippen LogP contribution is 2.22. The fourth-order valence-electron chi connectivity index (χ4n) is 1.34. The Hall–Kier alpha value is -0.470. The Labute approximate surface area is 91.3 Å². The topological polar surface area (TPSA) is 12.0 Å². The molecular weight excluding hydrogens is 190 g/mol. The Morgan fingerprint density at radius 3 is 2.71 bits per heavy atom. The summed E-state index contributed by atoms with van der Waals surface area (Å²) in [5.41, 5.74) is 1.38. The summed E-state index contributed by atoms with van der Waals surface area (Å²) in [4.78, 5) is 1.40. The molecule has 0 aliphatic rings. The predicted octanol–water partition coefficient (Wildman–Crippen LogP) is 3.09. The van der Waals surface area contributed by atoms with E-state index in [1.54, 1.807) is 0 Å². The minimum Gasteiger partial charge on any atom is -0.314 e. The molecule has 0 aliphatic heterocycles. The van der Waals surface area contributed by atoms with Crippen LogP contribution in [-0.2, 0) is 0 Å². The zero-order valence-electron chi connectivity index (χ0n) is 9.21. The van der Waals surface area contributed by atoms with Gasteiger partial charge in [-0.2, -0.15) is 0 Å². The number of rotatable bonds is 5. The van der Waals surface area contributed by atoms with Crippen LogP contribution in [0.25, 0.3) is 0 Å². The van der Waals surface area contributed by atoms with Gasteiger partial charge in [-0.3, -0.25) is 0 Å². The quantitative estimate of drug-likeness (QED) is 0.748. The van der Waals surface area contributed by atoms with E-state index in [1.165, 1.54) is 10.5 Å². The van der Waals surface area contributed by atoms with Gasteiger partial charge in [0.15, 0.2) is 0 Å². The molecule has 1 N–H and O–H groups in total. The van der Waals surface area contributed by atoms with Crippen molar-refractivity contribution in [3.8, 4) is 0 Å². The van der Waals surface area contributed by atoms with Crippen LogP contribution in [0.4, 0.5) is 0 Å². The van der Waals surface area contributed by atoms with E-state index in [-0.39, 0.29) is 0 Å². The number of hydrogen-bond donors (Lipinski definition) is 1. The number of nitrogens with one attached hydrogen (secondary N) is 1. The molecule has 2 heteroatoms. The molecular formula is C12H19NS. The second-order valence-corrected chi connectivity index (χ2v) is 4.60. The highest BCUT2D eigenvalue weighted by atomic mass is 32.2. The molecule has 78 valence electrons. The first-order valence-electron chi connectivity index (χ1n) is 5.16. The molecule has 0 fully saturated rings. The molecule has 0 aromatic heterocycles. The summed E-state index contributed by atoms with van der Waals surface area (Å²) in [6.07, 6.45) is 0. The lowest BCUT2D eigenvalue weighted by Crippen LogP contribution is -2.27. The van der Waals surface area contributed by atoms with Gasteiger partial charge >= 0.3 is 0 Å². The van der Waals surface area contributed by atoms with Crippen molar-refractivity contribution in [2.75, 3.05) is 12.3 Å². The second-order valence-electron chi connectivity index (χ2n) is 3.54. The Bertz CT molecular complexity index is 273. The van der Waals surface area contributed by atoms with E-state index in [4.69, 9.17) is 0 Å². The molecule has 0 heterocycles. The van der Waals surface area contributed by atoms with E-state index >= 15 is 0 Å². The van der Waals surface area contributed by atoms with E-state index in [2.05, 4.69) is 50.4 Å². The largest absolute Gasteiger partial charge is 0.314 e. The Balaban J connectivity index is 2.41. The van der Waals surface area contributed by atoms with Crippen molar-refractivity contribution in [2.24, 2.45) is 0 Å². The molecule has 0 aliphatic carbocycles. The lowest BCUT2D eigenvalue weighted by Gasteiger charge is -2.12. The Morgan fingerprint density at radius 2 is 2.07 bits per heavy atom. The summed E-state index contributed by atoms with van der Waals surface area (Å²) >= 11 is 1.93. The Kier molecular flexibility index (Phi) is 5.05. The maximum absolute atomic E-state index is 3.41. The second kappa shape index (κ2) is 6.10. The normalized spacial score (nSPS) is 12.8. The van der Waals surface area contributed by atoms with Gasteiger partial charge in [-0.15, -0.1) is 11.8 Å². The van der Waals surface area contributed by atoms with Gasteiger partial charge in [0.25, 0.3) is 0 Å². The van der Waals surface area contributed by atoms with Gasteiger partial charge in [0.1, 0.15) is 0 Å². The van der Waals surface area contributed by atoms with Gasteiger partial charge in [-0.05, 0) is 32.0 Å². The van der Waals surface area contributed by atoms with E-state index in [0.717, 1.165) is 12.3 Å². The summed E-state index contributed by atoms with van der Waals surface area (Å²) in [6, 6.07) is 9.14. The zero-order valence-corrected chi connectivity index (χ0v) is 10.0. The van der Waals surface area contributed by atoms with E-state index in [9.17, 15) is 0 Å². The van der Waals surface area contributed by atoms with E-state index in [0.29, 0.717) is 6.04 Å². The van der Waals surface area contributed by atoms with Crippen LogP contribution in [0.2, 0.25) is 0 Å². The first-order valence-corrected chi connectivity index (χ1v) is 6.14. The fraction of sp³-hybridized carbons (Fsp3) is 0.500. The van der Waals surface area contributed by atoms with E-state index < -0.39 is 0 Å². The molecule has 1 aromatic rings. The van der Waals surface area contributed by atoms with Crippen LogP contribution in [0.15, 0.2) is 29.2 Å². The average molecular weight is 209 g/mol. The molecule has 1 unspecified atom stereocenters. The van der Waals surface area contributed by atoms with Gasteiger partial charge in [0, 0.05) is 16.7 Å². The molecule has 1 aromatic carbocycles. The smallest absolute Gasteiger partial charge is 0.0133 e. The number of hydrogen-bond acceptors (Lipinski definition) is 2. The first kappa shape index (κ1) is 11.6. The third-order valence-corrected chi connectivity index (χ3v) is 3.57. The summed E-state index contributed by atoms with van der Waals surface area (Å²) in [5, 5.41) is 3.41. The molecule has 1 atom stereocenters. The van der Waals surface area contributed by atoms with Crippen molar-refractivity contribution in [1.29, 1.82) is 0 Å². The summed E-state index contributed by atoms with van der Waals surface area (Å²) in [6.45, 7) is 7.60. The number of aryl methyl sites for hydroxylation is 1. The lowest BCUT2D eigenvalue weighted by molar-refractivity contribution is 0.620. The third-order valence-electron chi connectivity index (χ3n) is 2.14. The minimum atomic E-state index is 0.588. The Morgan fingerprint density at radius 1 is 1.36 bits per heavy atom. The molecule has 0 saturated carbocycles. The van der Waals surface area contributed by atoms with Crippen molar-refractivity contribution in [1.82, 2.24) is 5.32 Å². The molecule has 14 heavy (non-hydrogen) atoms. The maximum Gasteiger partial charge on any atom is 0.0133 e. The number of thioether (sulfide) groups is 1. The minimum absolute atomic E-state index is 0.588. The van der Waals surface area contributed by atoms with Gasteiger partial charge in [0.05, 0.1) is 0 Å². The summed E-state index contributed by atoms with van der Waals surface area (Å²) < 4.78 is 0. The van der Waals surface area contributed by atoms with Crippen molar-refractivity contribution in [3.05, 3.63) is 29.8 Å². The summed E-state index contributed by atoms with van der Waals surface area (Å²) in [5.74, 6) is 1.14. The zero-order chi connectivity index (χ0) is 10.4. The molecule has 0 spiro atoms. The van der Waals surface area contributed by atoms with Gasteiger partial charge in [0.2, 0.25) is 0 Å². The number of benzene rings is 1. The van der Waals surface area contributed by atoms with Crippen molar-refractivity contribution < 1.29 is 0 Å². The molecule has 1 rings (SSSR count). The average Bonchev–Trinajstić information content (AvgIpc) is 2.17. The first-order chi connectivity index (χ1) is 6.74. The van der Waals surface area contributed by atoms with Gasteiger partial charge < -0.3 is 5.32 Å². The lowest BCUT2D eigenvalue weighted by atomic mass is 10.2. The highest BCUT2D eigenvalue weighted by Gasteiger charge is 2.02. The monoisotopic (exact) mass is 209 g/mol. The van der Waals surface area contributed by atoms with Crippen molar-refractivity contribution in [2.45, 2.75) is 31.7 Å². The molecule has 1 nitrogen and oxygen atoms in total. The predicted molar refractivity (Wildman–Crippen MR) is 65.0 cm³/mol. The van der Waals surface area contributed by atoms with Crippen LogP contribution in [0, 0.1) is 6.92 Å². The van der Waals surface area contributed by atoms with Gasteiger partial charge in [-0.25, -0.2) is 0 Å². The molecule has 0 saturated heterocycles.